The normalized spacial score (nSPS) is 26.1. The Balaban J connectivity index is 2.53. The van der Waals surface area contributed by atoms with Crippen LogP contribution in [-0.4, -0.2) is 34.7 Å². The average molecular weight is 416 g/mol. The second kappa shape index (κ2) is 7.15. The molecule has 1 fully saturated rings. The number of nitrogens with one attached hydrogen (secondary N) is 2. The molecule has 3 N–H and O–H groups in total. The zero-order valence-electron chi connectivity index (χ0n) is 13.6. The van der Waals surface area contributed by atoms with Crippen LogP contribution in [0.3, 0.4) is 0 Å². The molecule has 0 radical (unpaired) electrons. The third-order valence-corrected chi connectivity index (χ3v) is 4.16. The molecule has 0 unspecified atom stereocenters. The molecule has 150 valence electrons. The van der Waals surface area contributed by atoms with Crippen molar-refractivity contribution in [2.45, 2.75) is 31.0 Å². The summed E-state index contributed by atoms with van der Waals surface area (Å²) in [5.41, 5.74) is -4.91. The number of hydrogen-bond donors (Lipinski definition) is 3. The molecule has 1 aromatic carbocycles. The quantitative estimate of drug-likeness (QED) is 0.400. The Hall–Kier alpha value is -2.08. The molecule has 1 saturated heterocycles. The second-order valence-corrected chi connectivity index (χ2v) is 6.10. The number of carbonyl (C=O) groups excluding carboxylic acids is 1. The Morgan fingerprint density at radius 1 is 1.22 bits per heavy atom. The summed E-state index contributed by atoms with van der Waals surface area (Å²) < 4.78 is 83.2. The van der Waals surface area contributed by atoms with Crippen molar-refractivity contribution >= 4 is 23.3 Å². The highest BCUT2D eigenvalue weighted by molar-refractivity contribution is 7.80. The number of hydrogen-bond acceptors (Lipinski definition) is 4. The van der Waals surface area contributed by atoms with Crippen molar-refractivity contribution in [1.29, 1.82) is 0 Å². The standard InChI is InChI=1S/C15H14F6N2O3S/c1-2-26-11(24)9-10(7-3-5-8(6-4-7)14(16,17)18)22-12(27)23-13(9,25)15(19,20)21/h3-6,9-10,25H,2H2,1H3,(H2,22,23,27)/t9-,10+,13+/m1/s1. The van der Waals surface area contributed by atoms with Gasteiger partial charge in [0.15, 0.2) is 5.11 Å². The molecule has 0 bridgehead atoms. The Morgan fingerprint density at radius 2 is 1.78 bits per heavy atom. The molecule has 2 rings (SSSR count). The summed E-state index contributed by atoms with van der Waals surface area (Å²) in [6.07, 6.45) is -9.98. The summed E-state index contributed by atoms with van der Waals surface area (Å²) in [5.74, 6) is -3.66. The van der Waals surface area contributed by atoms with Crippen molar-refractivity contribution < 1.29 is 41.0 Å². The SMILES string of the molecule is CCOC(=O)[C@H]1[C@H](c2ccc(C(F)(F)F)cc2)NC(=S)N[C@@]1(O)C(F)(F)F. The molecule has 1 heterocycles. The van der Waals surface area contributed by atoms with Crippen LogP contribution in [0.15, 0.2) is 24.3 Å². The fourth-order valence-electron chi connectivity index (χ4n) is 2.69. The maximum absolute atomic E-state index is 13.5. The Morgan fingerprint density at radius 3 is 2.22 bits per heavy atom. The molecule has 0 aliphatic carbocycles. The van der Waals surface area contributed by atoms with E-state index in [2.05, 4.69) is 22.3 Å². The van der Waals surface area contributed by atoms with Crippen LogP contribution in [0.5, 0.6) is 0 Å². The Labute approximate surface area is 154 Å². The van der Waals surface area contributed by atoms with Crippen LogP contribution in [0.2, 0.25) is 0 Å². The molecule has 0 spiro atoms. The van der Waals surface area contributed by atoms with Crippen LogP contribution in [0.25, 0.3) is 0 Å². The van der Waals surface area contributed by atoms with E-state index >= 15 is 0 Å². The lowest BCUT2D eigenvalue weighted by atomic mass is 9.82. The van der Waals surface area contributed by atoms with E-state index in [1.807, 2.05) is 0 Å². The first kappa shape index (κ1) is 21.2. The Kier molecular flexibility index (Phi) is 5.62. The van der Waals surface area contributed by atoms with Crippen molar-refractivity contribution in [2.24, 2.45) is 5.92 Å². The van der Waals surface area contributed by atoms with Gasteiger partial charge in [0.2, 0.25) is 0 Å². The number of halogens is 6. The lowest BCUT2D eigenvalue weighted by Crippen LogP contribution is -2.73. The number of alkyl halides is 6. The van der Waals surface area contributed by atoms with Gasteiger partial charge in [-0.15, -0.1) is 0 Å². The zero-order valence-corrected chi connectivity index (χ0v) is 14.4. The minimum Gasteiger partial charge on any atom is -0.466 e. The molecule has 1 aliphatic heterocycles. The fourth-order valence-corrected chi connectivity index (χ4v) is 2.98. The number of ether oxygens (including phenoxy) is 1. The predicted octanol–water partition coefficient (Wildman–Crippen LogP) is 2.65. The molecule has 0 saturated carbocycles. The van der Waals surface area contributed by atoms with E-state index in [-0.39, 0.29) is 12.2 Å². The first-order valence-electron chi connectivity index (χ1n) is 7.53. The first-order valence-corrected chi connectivity index (χ1v) is 7.93. The minimum absolute atomic E-state index is 0.118. The van der Waals surface area contributed by atoms with Gasteiger partial charge in [-0.05, 0) is 36.8 Å². The summed E-state index contributed by atoms with van der Waals surface area (Å²) in [6, 6.07) is 1.52. The lowest BCUT2D eigenvalue weighted by Gasteiger charge is -2.45. The van der Waals surface area contributed by atoms with E-state index in [1.165, 1.54) is 6.92 Å². The van der Waals surface area contributed by atoms with Gasteiger partial charge in [0.05, 0.1) is 18.2 Å². The van der Waals surface area contributed by atoms with Crippen LogP contribution in [0.4, 0.5) is 26.3 Å². The number of aliphatic hydroxyl groups is 1. The molecular weight excluding hydrogens is 402 g/mol. The highest BCUT2D eigenvalue weighted by Gasteiger charge is 2.66. The predicted molar refractivity (Wildman–Crippen MR) is 84.2 cm³/mol. The maximum Gasteiger partial charge on any atom is 0.437 e. The zero-order chi connectivity index (χ0) is 20.6. The molecule has 5 nitrogen and oxygen atoms in total. The topological polar surface area (TPSA) is 70.6 Å². The number of carbonyl (C=O) groups is 1. The van der Waals surface area contributed by atoms with E-state index in [9.17, 15) is 36.2 Å². The molecule has 0 amide bonds. The average Bonchev–Trinajstić information content (AvgIpc) is 2.52. The van der Waals surface area contributed by atoms with Crippen LogP contribution in [0.1, 0.15) is 24.1 Å². The molecule has 12 heteroatoms. The molecule has 1 aliphatic rings. The number of benzene rings is 1. The van der Waals surface area contributed by atoms with Crippen LogP contribution >= 0.6 is 12.2 Å². The van der Waals surface area contributed by atoms with Gasteiger partial charge in [0.1, 0.15) is 5.92 Å². The van der Waals surface area contributed by atoms with E-state index in [1.54, 1.807) is 5.32 Å². The minimum atomic E-state index is -5.33. The third-order valence-electron chi connectivity index (χ3n) is 3.94. The van der Waals surface area contributed by atoms with Gasteiger partial charge in [0, 0.05) is 0 Å². The summed E-state index contributed by atoms with van der Waals surface area (Å²) in [6.45, 7) is 1.08. The van der Waals surface area contributed by atoms with E-state index in [0.717, 1.165) is 12.1 Å². The molecule has 0 aromatic heterocycles. The monoisotopic (exact) mass is 416 g/mol. The maximum atomic E-state index is 13.5. The second-order valence-electron chi connectivity index (χ2n) is 5.69. The van der Waals surface area contributed by atoms with Crippen LogP contribution < -0.4 is 10.6 Å². The van der Waals surface area contributed by atoms with Gasteiger partial charge in [0.25, 0.3) is 5.72 Å². The van der Waals surface area contributed by atoms with E-state index in [0.29, 0.717) is 12.1 Å². The number of esters is 1. The van der Waals surface area contributed by atoms with Crippen molar-refractivity contribution in [3.05, 3.63) is 35.4 Å². The summed E-state index contributed by atoms with van der Waals surface area (Å²) >= 11 is 4.68. The van der Waals surface area contributed by atoms with Gasteiger partial charge in [-0.1, -0.05) is 12.1 Å². The molecule has 27 heavy (non-hydrogen) atoms. The third kappa shape index (κ3) is 4.10. The highest BCUT2D eigenvalue weighted by atomic mass is 32.1. The molecular formula is C15H14F6N2O3S. The summed E-state index contributed by atoms with van der Waals surface area (Å²) in [5, 5.41) is 13.6. The van der Waals surface area contributed by atoms with E-state index in [4.69, 9.17) is 0 Å². The fraction of sp³-hybridized carbons (Fsp3) is 0.467. The van der Waals surface area contributed by atoms with Gasteiger partial charge in [-0.3, -0.25) is 4.79 Å². The van der Waals surface area contributed by atoms with Gasteiger partial charge in [-0.2, -0.15) is 26.3 Å². The largest absolute Gasteiger partial charge is 0.466 e. The molecule has 1 aromatic rings. The number of rotatable bonds is 3. The van der Waals surface area contributed by atoms with Gasteiger partial charge in [-0.25, -0.2) is 0 Å². The highest BCUT2D eigenvalue weighted by Crippen LogP contribution is 2.43. The van der Waals surface area contributed by atoms with Crippen molar-refractivity contribution in [3.8, 4) is 0 Å². The summed E-state index contributed by atoms with van der Waals surface area (Å²) in [7, 11) is 0. The lowest BCUT2D eigenvalue weighted by molar-refractivity contribution is -0.292. The van der Waals surface area contributed by atoms with Gasteiger partial charge < -0.3 is 20.5 Å². The first-order chi connectivity index (χ1) is 12.3. The van der Waals surface area contributed by atoms with Gasteiger partial charge >= 0.3 is 18.3 Å². The summed E-state index contributed by atoms with van der Waals surface area (Å²) in [4.78, 5) is 12.2. The molecule has 3 atom stereocenters. The van der Waals surface area contributed by atoms with E-state index < -0.39 is 46.7 Å². The van der Waals surface area contributed by atoms with Crippen LogP contribution in [0, 0.1) is 5.92 Å². The number of thiocarbonyl (C=S) groups is 1. The van der Waals surface area contributed by atoms with Crippen molar-refractivity contribution in [1.82, 2.24) is 10.6 Å². The Bertz CT molecular complexity index is 722. The van der Waals surface area contributed by atoms with Crippen molar-refractivity contribution in [2.75, 3.05) is 6.61 Å². The smallest absolute Gasteiger partial charge is 0.437 e. The van der Waals surface area contributed by atoms with Crippen molar-refractivity contribution in [3.63, 3.8) is 0 Å². The van der Waals surface area contributed by atoms with Crippen LogP contribution in [-0.2, 0) is 15.7 Å².